The predicted molar refractivity (Wildman–Crippen MR) is 42.7 cm³/mol. The Morgan fingerprint density at radius 1 is 0.875 bits per heavy atom. The van der Waals surface area contributed by atoms with E-state index in [4.69, 9.17) is 11.6 Å². The largest absolute Gasteiger partial charge is 0.487 e. The smallest absolute Gasteiger partial charge is 0.413 e. The molecule has 0 saturated heterocycles. The molecule has 1 aromatic rings. The summed E-state index contributed by atoms with van der Waals surface area (Å²) in [5.41, 5.74) is -4.52. The van der Waals surface area contributed by atoms with Crippen molar-refractivity contribution in [3.63, 3.8) is 0 Å². The van der Waals surface area contributed by atoms with E-state index in [1.165, 1.54) is 0 Å². The molecule has 0 fully saturated rings. The summed E-state index contributed by atoms with van der Waals surface area (Å²) in [5, 5.41) is -1.51. The second-order valence-electron chi connectivity index (χ2n) is 2.45. The molecule has 0 bridgehead atoms. The molecule has 0 aliphatic rings. The summed E-state index contributed by atoms with van der Waals surface area (Å²) in [6, 6.07) is 0. The van der Waals surface area contributed by atoms with E-state index in [1.54, 1.807) is 0 Å². The maximum Gasteiger partial charge on any atom is 0.487 e. The molecule has 0 N–H and O–H groups in total. The van der Waals surface area contributed by atoms with Gasteiger partial charge in [0.25, 0.3) is 0 Å². The number of alkyl halides is 3. The van der Waals surface area contributed by atoms with Gasteiger partial charge in [-0.2, -0.15) is 8.78 Å². The van der Waals surface area contributed by atoms with Gasteiger partial charge in [-0.25, -0.2) is 8.78 Å². The minimum absolute atomic E-state index is 1.51. The van der Waals surface area contributed by atoms with Crippen molar-refractivity contribution in [3.8, 4) is 5.75 Å². The van der Waals surface area contributed by atoms with Gasteiger partial charge in [0.15, 0.2) is 11.6 Å². The molecule has 0 unspecified atom stereocenters. The van der Waals surface area contributed by atoms with Crippen molar-refractivity contribution < 1.29 is 31.1 Å². The zero-order valence-corrected chi connectivity index (χ0v) is 8.44. The lowest BCUT2D eigenvalue weighted by Gasteiger charge is -2.13. The maximum atomic E-state index is 12.9. The van der Waals surface area contributed by atoms with Crippen molar-refractivity contribution in [1.82, 2.24) is 0 Å². The first-order valence-electron chi connectivity index (χ1n) is 3.42. The summed E-state index contributed by atoms with van der Waals surface area (Å²) in [5.74, 6) is -10.5. The van der Waals surface area contributed by atoms with Crippen LogP contribution in [0.4, 0.5) is 26.3 Å². The number of ether oxygens (including phenoxy) is 1. The normalized spacial score (nSPS) is 11.8. The van der Waals surface area contributed by atoms with Crippen LogP contribution in [0.2, 0.25) is 5.02 Å². The summed E-state index contributed by atoms with van der Waals surface area (Å²) in [7, 11) is 0. The lowest BCUT2D eigenvalue weighted by atomic mass is 10.3. The van der Waals surface area contributed by atoms with E-state index < -0.39 is 39.6 Å². The molecule has 0 aliphatic heterocycles. The van der Waals surface area contributed by atoms with Crippen LogP contribution in [0.25, 0.3) is 0 Å². The van der Waals surface area contributed by atoms with Gasteiger partial charge < -0.3 is 4.74 Å². The molecule has 0 saturated carbocycles. The molecule has 16 heavy (non-hydrogen) atoms. The first-order chi connectivity index (χ1) is 7.15. The molecule has 0 radical (unpaired) electrons. The van der Waals surface area contributed by atoms with Crippen LogP contribution >= 0.6 is 23.2 Å². The molecule has 1 aromatic carbocycles. The molecule has 9 heteroatoms. The minimum atomic E-state index is -4.52. The van der Waals surface area contributed by atoms with E-state index in [0.717, 1.165) is 0 Å². The molecular weight excluding hydrogens is 285 g/mol. The Balaban J connectivity index is 3.40. The quantitative estimate of drug-likeness (QED) is 0.344. The van der Waals surface area contributed by atoms with Gasteiger partial charge in [0.05, 0.1) is 0 Å². The van der Waals surface area contributed by atoms with Gasteiger partial charge in [0.1, 0.15) is 5.02 Å². The Kier molecular flexibility index (Phi) is 3.49. The van der Waals surface area contributed by atoms with Crippen molar-refractivity contribution in [3.05, 3.63) is 28.3 Å². The monoisotopic (exact) mass is 284 g/mol. The summed E-state index contributed by atoms with van der Waals surface area (Å²) >= 11 is 9.01. The third kappa shape index (κ3) is 2.46. The topological polar surface area (TPSA) is 9.23 Å². The first kappa shape index (κ1) is 13.2. The van der Waals surface area contributed by atoms with Gasteiger partial charge in [-0.1, -0.05) is 11.6 Å². The molecule has 90 valence electrons. The number of hydrogen-bond donors (Lipinski definition) is 0. The summed E-state index contributed by atoms with van der Waals surface area (Å²) in [6.45, 7) is 0. The Labute approximate surface area is 94.5 Å². The van der Waals surface area contributed by atoms with Crippen LogP contribution in [-0.2, 0) is 0 Å². The number of hydrogen-bond acceptors (Lipinski definition) is 1. The van der Waals surface area contributed by atoms with Gasteiger partial charge >= 0.3 is 5.57 Å². The fraction of sp³-hybridized carbons (Fsp3) is 0.143. The highest BCUT2D eigenvalue weighted by molar-refractivity contribution is 6.31. The zero-order chi connectivity index (χ0) is 12.7. The number of halogens is 8. The highest BCUT2D eigenvalue weighted by Crippen LogP contribution is 2.36. The van der Waals surface area contributed by atoms with Gasteiger partial charge in [-0.15, -0.1) is 8.78 Å². The van der Waals surface area contributed by atoms with E-state index in [0.29, 0.717) is 0 Å². The fourth-order valence-electron chi connectivity index (χ4n) is 0.790. The molecule has 0 heterocycles. The second-order valence-corrected chi connectivity index (χ2v) is 3.26. The van der Waals surface area contributed by atoms with Crippen LogP contribution < -0.4 is 4.74 Å². The lowest BCUT2D eigenvalue weighted by Crippen LogP contribution is -2.18. The Hall–Kier alpha value is -0.820. The van der Waals surface area contributed by atoms with Crippen LogP contribution in [0, 0.1) is 23.3 Å². The molecule has 0 aliphatic carbocycles. The van der Waals surface area contributed by atoms with E-state index in [9.17, 15) is 26.3 Å². The van der Waals surface area contributed by atoms with Crippen LogP contribution in [0.5, 0.6) is 5.75 Å². The van der Waals surface area contributed by atoms with Gasteiger partial charge in [-0.05, 0) is 0 Å². The second kappa shape index (κ2) is 4.21. The highest BCUT2D eigenvalue weighted by Gasteiger charge is 2.34. The third-order valence-corrected chi connectivity index (χ3v) is 1.80. The molecule has 0 aromatic heterocycles. The van der Waals surface area contributed by atoms with Crippen molar-refractivity contribution >= 4 is 23.2 Å². The standard InChI is InChI=1S/C7Cl2F6O/c8-1-2(10)4(12)6(5(13)3(1)11)16-7(9,14)15. The van der Waals surface area contributed by atoms with Gasteiger partial charge in [0.2, 0.25) is 17.4 Å². The minimum Gasteiger partial charge on any atom is -0.413 e. The summed E-state index contributed by atoms with van der Waals surface area (Å²) in [6.07, 6.45) is 0. The molecule has 0 amide bonds. The average Bonchev–Trinajstić information content (AvgIpc) is 2.17. The number of rotatable bonds is 2. The van der Waals surface area contributed by atoms with E-state index in [1.807, 2.05) is 0 Å². The maximum absolute atomic E-state index is 12.9. The fourth-order valence-corrected chi connectivity index (χ4v) is 1.03. The zero-order valence-electron chi connectivity index (χ0n) is 6.93. The Bertz CT molecular complexity index is 401. The van der Waals surface area contributed by atoms with Crippen LogP contribution in [-0.4, -0.2) is 5.57 Å². The van der Waals surface area contributed by atoms with Crippen molar-refractivity contribution in [2.75, 3.05) is 0 Å². The van der Waals surface area contributed by atoms with Crippen LogP contribution in [0.15, 0.2) is 0 Å². The molecule has 1 rings (SSSR count). The van der Waals surface area contributed by atoms with E-state index in [-0.39, 0.29) is 0 Å². The molecule has 1 nitrogen and oxygen atoms in total. The predicted octanol–water partition coefficient (Wildman–Crippen LogP) is 4.06. The van der Waals surface area contributed by atoms with Gasteiger partial charge in [0, 0.05) is 11.6 Å². The first-order valence-corrected chi connectivity index (χ1v) is 4.18. The lowest BCUT2D eigenvalue weighted by molar-refractivity contribution is -0.101. The SMILES string of the molecule is Fc1c(F)c(OC(F)(F)Cl)c(F)c(F)c1Cl. The molecular formula is C7Cl2F6O. The Morgan fingerprint density at radius 3 is 1.56 bits per heavy atom. The molecule has 0 spiro atoms. The van der Waals surface area contributed by atoms with Crippen LogP contribution in [0.3, 0.4) is 0 Å². The Morgan fingerprint density at radius 2 is 1.25 bits per heavy atom. The van der Waals surface area contributed by atoms with E-state index >= 15 is 0 Å². The third-order valence-electron chi connectivity index (χ3n) is 1.39. The summed E-state index contributed by atoms with van der Waals surface area (Å²) < 4.78 is 78.5. The van der Waals surface area contributed by atoms with E-state index in [2.05, 4.69) is 16.3 Å². The average molecular weight is 285 g/mol. The molecule has 0 atom stereocenters. The summed E-state index contributed by atoms with van der Waals surface area (Å²) in [4.78, 5) is 0. The van der Waals surface area contributed by atoms with Crippen molar-refractivity contribution in [1.29, 1.82) is 0 Å². The number of benzene rings is 1. The van der Waals surface area contributed by atoms with Crippen molar-refractivity contribution in [2.45, 2.75) is 5.57 Å². The van der Waals surface area contributed by atoms with Crippen molar-refractivity contribution in [2.24, 2.45) is 0 Å². The van der Waals surface area contributed by atoms with Gasteiger partial charge in [-0.3, -0.25) is 0 Å². The highest BCUT2D eigenvalue weighted by atomic mass is 35.5. The van der Waals surface area contributed by atoms with Crippen LogP contribution in [0.1, 0.15) is 0 Å².